The Morgan fingerprint density at radius 1 is 1.35 bits per heavy atom. The molecule has 1 aliphatic rings. The lowest BCUT2D eigenvalue weighted by Crippen LogP contribution is -2.25. The molecule has 0 saturated heterocycles. The third-order valence-electron chi connectivity index (χ3n) is 3.89. The van der Waals surface area contributed by atoms with Crippen LogP contribution in [0.3, 0.4) is 0 Å². The van der Waals surface area contributed by atoms with Crippen molar-refractivity contribution in [2.24, 2.45) is 0 Å². The van der Waals surface area contributed by atoms with Gasteiger partial charge >= 0.3 is 0 Å². The molecule has 104 valence electrons. The lowest BCUT2D eigenvalue weighted by Gasteiger charge is -2.24. The minimum atomic E-state index is -0.843. The van der Waals surface area contributed by atoms with E-state index in [0.717, 1.165) is 34.3 Å². The topological polar surface area (TPSA) is 42.4 Å². The van der Waals surface area contributed by atoms with E-state index >= 15 is 0 Å². The van der Waals surface area contributed by atoms with Gasteiger partial charge in [0.05, 0.1) is 12.7 Å². The normalized spacial score (nSPS) is 20.8. The zero-order chi connectivity index (χ0) is 14.2. The summed E-state index contributed by atoms with van der Waals surface area (Å²) in [6, 6.07) is 9.83. The average Bonchev–Trinajstić information content (AvgIpc) is 2.78. The largest absolute Gasteiger partial charge is 0.497 e. The molecule has 0 bridgehead atoms. The van der Waals surface area contributed by atoms with Crippen molar-refractivity contribution in [3.8, 4) is 5.75 Å². The molecular weight excluding hydrogens is 318 g/mol. The van der Waals surface area contributed by atoms with Crippen LogP contribution < -0.4 is 4.74 Å². The molecule has 1 aromatic heterocycles. The SMILES string of the molecule is COc1ccc2c(c1)C(O)(Cc1ccc(Br)cn1)CC2. The summed E-state index contributed by atoms with van der Waals surface area (Å²) in [5, 5.41) is 11.0. The van der Waals surface area contributed by atoms with Crippen LogP contribution in [0.5, 0.6) is 5.75 Å². The van der Waals surface area contributed by atoms with Crippen LogP contribution in [0.1, 0.15) is 23.2 Å². The van der Waals surface area contributed by atoms with Crippen molar-refractivity contribution in [2.75, 3.05) is 7.11 Å². The Labute approximate surface area is 126 Å². The number of aromatic nitrogens is 1. The molecule has 0 spiro atoms. The fraction of sp³-hybridized carbons (Fsp3) is 0.312. The summed E-state index contributed by atoms with van der Waals surface area (Å²) in [5.41, 5.74) is 2.23. The van der Waals surface area contributed by atoms with Crippen LogP contribution in [-0.2, 0) is 18.4 Å². The van der Waals surface area contributed by atoms with E-state index in [0.29, 0.717) is 6.42 Å². The van der Waals surface area contributed by atoms with Crippen LogP contribution in [0.4, 0.5) is 0 Å². The molecule has 1 aromatic carbocycles. The molecule has 20 heavy (non-hydrogen) atoms. The van der Waals surface area contributed by atoms with Crippen molar-refractivity contribution in [2.45, 2.75) is 24.9 Å². The molecule has 1 atom stereocenters. The summed E-state index contributed by atoms with van der Waals surface area (Å²) in [7, 11) is 1.64. The second kappa shape index (κ2) is 5.19. The summed E-state index contributed by atoms with van der Waals surface area (Å²) >= 11 is 3.37. The van der Waals surface area contributed by atoms with E-state index in [1.165, 1.54) is 5.56 Å². The van der Waals surface area contributed by atoms with Gasteiger partial charge in [0.25, 0.3) is 0 Å². The highest BCUT2D eigenvalue weighted by atomic mass is 79.9. The Hall–Kier alpha value is -1.39. The highest BCUT2D eigenvalue weighted by molar-refractivity contribution is 9.10. The van der Waals surface area contributed by atoms with Gasteiger partial charge in [-0.15, -0.1) is 0 Å². The fourth-order valence-electron chi connectivity index (χ4n) is 2.80. The molecule has 0 aliphatic heterocycles. The van der Waals surface area contributed by atoms with Gasteiger partial charge in [-0.05, 0) is 64.2 Å². The van der Waals surface area contributed by atoms with Crippen LogP contribution in [0.15, 0.2) is 41.0 Å². The lowest BCUT2D eigenvalue weighted by molar-refractivity contribution is 0.0378. The maximum atomic E-state index is 11.0. The van der Waals surface area contributed by atoms with Gasteiger partial charge in [-0.3, -0.25) is 4.98 Å². The van der Waals surface area contributed by atoms with E-state index < -0.39 is 5.60 Å². The van der Waals surface area contributed by atoms with Gasteiger partial charge < -0.3 is 9.84 Å². The van der Waals surface area contributed by atoms with Gasteiger partial charge in [0, 0.05) is 22.8 Å². The fourth-order valence-corrected chi connectivity index (χ4v) is 3.04. The molecule has 0 fully saturated rings. The minimum absolute atomic E-state index is 0.528. The number of rotatable bonds is 3. The second-order valence-corrected chi connectivity index (χ2v) is 6.11. The number of hydrogen-bond acceptors (Lipinski definition) is 3. The summed E-state index contributed by atoms with van der Waals surface area (Å²) in [5.74, 6) is 0.785. The zero-order valence-electron chi connectivity index (χ0n) is 11.3. The predicted molar refractivity (Wildman–Crippen MR) is 80.9 cm³/mol. The number of nitrogens with zero attached hydrogens (tertiary/aromatic N) is 1. The van der Waals surface area contributed by atoms with Crippen molar-refractivity contribution in [3.05, 3.63) is 57.8 Å². The monoisotopic (exact) mass is 333 g/mol. The maximum absolute atomic E-state index is 11.0. The number of fused-ring (bicyclic) bond motifs is 1. The molecule has 2 aromatic rings. The Bertz CT molecular complexity index is 627. The van der Waals surface area contributed by atoms with Crippen molar-refractivity contribution >= 4 is 15.9 Å². The molecule has 3 nitrogen and oxygen atoms in total. The molecule has 0 radical (unpaired) electrons. The number of benzene rings is 1. The van der Waals surface area contributed by atoms with Gasteiger partial charge in [0.15, 0.2) is 0 Å². The van der Waals surface area contributed by atoms with Gasteiger partial charge in [0.1, 0.15) is 5.75 Å². The third-order valence-corrected chi connectivity index (χ3v) is 4.36. The lowest BCUT2D eigenvalue weighted by atomic mass is 9.90. The van der Waals surface area contributed by atoms with Crippen LogP contribution in [0.2, 0.25) is 0 Å². The van der Waals surface area contributed by atoms with Crippen LogP contribution in [-0.4, -0.2) is 17.2 Å². The molecule has 1 heterocycles. The molecule has 1 unspecified atom stereocenters. The summed E-state index contributed by atoms with van der Waals surface area (Å²) in [4.78, 5) is 4.36. The number of hydrogen-bond donors (Lipinski definition) is 1. The first-order chi connectivity index (χ1) is 9.60. The number of methoxy groups -OCH3 is 1. The van der Waals surface area contributed by atoms with Gasteiger partial charge in [-0.2, -0.15) is 0 Å². The Morgan fingerprint density at radius 3 is 2.90 bits per heavy atom. The quantitative estimate of drug-likeness (QED) is 0.937. The predicted octanol–water partition coefficient (Wildman–Crippen LogP) is 3.23. The van der Waals surface area contributed by atoms with Crippen LogP contribution in [0.25, 0.3) is 0 Å². The molecule has 0 amide bonds. The summed E-state index contributed by atoms with van der Waals surface area (Å²) in [6.45, 7) is 0. The van der Waals surface area contributed by atoms with Crippen LogP contribution in [0, 0.1) is 0 Å². The number of halogens is 1. The van der Waals surface area contributed by atoms with Crippen molar-refractivity contribution in [3.63, 3.8) is 0 Å². The number of aryl methyl sites for hydroxylation is 1. The first-order valence-corrected chi connectivity index (χ1v) is 7.40. The Balaban J connectivity index is 1.93. The number of aliphatic hydroxyl groups is 1. The minimum Gasteiger partial charge on any atom is -0.497 e. The van der Waals surface area contributed by atoms with E-state index in [1.807, 2.05) is 30.3 Å². The maximum Gasteiger partial charge on any atom is 0.119 e. The smallest absolute Gasteiger partial charge is 0.119 e. The first-order valence-electron chi connectivity index (χ1n) is 6.61. The standard InChI is InChI=1S/C16H16BrNO2/c1-20-14-5-2-11-6-7-16(19,15(11)8-14)9-13-4-3-12(17)10-18-13/h2-5,8,10,19H,6-7,9H2,1H3. The number of ether oxygens (including phenoxy) is 1. The van der Waals surface area contributed by atoms with E-state index in [-0.39, 0.29) is 0 Å². The zero-order valence-corrected chi connectivity index (χ0v) is 12.9. The molecule has 0 saturated carbocycles. The first kappa shape index (κ1) is 13.6. The Kier molecular flexibility index (Phi) is 3.52. The van der Waals surface area contributed by atoms with Crippen LogP contribution >= 0.6 is 15.9 Å². The molecule has 3 rings (SSSR count). The average molecular weight is 334 g/mol. The van der Waals surface area contributed by atoms with Crippen molar-refractivity contribution < 1.29 is 9.84 Å². The van der Waals surface area contributed by atoms with Crippen molar-refractivity contribution in [1.29, 1.82) is 0 Å². The van der Waals surface area contributed by atoms with Crippen molar-refractivity contribution in [1.82, 2.24) is 4.98 Å². The van der Waals surface area contributed by atoms with E-state index in [9.17, 15) is 5.11 Å². The van der Waals surface area contributed by atoms with Gasteiger partial charge in [0.2, 0.25) is 0 Å². The molecular formula is C16H16BrNO2. The summed E-state index contributed by atoms with van der Waals surface area (Å²) in [6.07, 6.45) is 3.92. The molecule has 1 aliphatic carbocycles. The van der Waals surface area contributed by atoms with E-state index in [1.54, 1.807) is 13.3 Å². The van der Waals surface area contributed by atoms with Gasteiger partial charge in [-0.25, -0.2) is 0 Å². The third kappa shape index (κ3) is 2.45. The molecule has 4 heteroatoms. The highest BCUT2D eigenvalue weighted by Gasteiger charge is 2.37. The molecule has 1 N–H and O–H groups in total. The van der Waals surface area contributed by atoms with E-state index in [4.69, 9.17) is 4.74 Å². The highest BCUT2D eigenvalue weighted by Crippen LogP contribution is 2.40. The number of pyridine rings is 1. The summed E-state index contributed by atoms with van der Waals surface area (Å²) < 4.78 is 6.21. The Morgan fingerprint density at radius 2 is 2.20 bits per heavy atom. The van der Waals surface area contributed by atoms with E-state index in [2.05, 4.69) is 20.9 Å². The second-order valence-electron chi connectivity index (χ2n) is 5.20. The van der Waals surface area contributed by atoms with Gasteiger partial charge in [-0.1, -0.05) is 6.07 Å².